The van der Waals surface area contributed by atoms with Crippen LogP contribution < -0.4 is 10.1 Å². The first-order chi connectivity index (χ1) is 10.1. The molecule has 0 aromatic heterocycles. The van der Waals surface area contributed by atoms with Crippen LogP contribution in [-0.4, -0.2) is 37.0 Å². The molecule has 0 aliphatic heterocycles. The highest BCUT2D eigenvalue weighted by molar-refractivity contribution is 5.77. The van der Waals surface area contributed by atoms with E-state index in [2.05, 4.69) is 19.2 Å². The second kappa shape index (κ2) is 9.40. The molecular weight excluding hydrogens is 264 g/mol. The molecule has 0 saturated heterocycles. The maximum absolute atomic E-state index is 11.9. The zero-order chi connectivity index (χ0) is 15.7. The summed E-state index contributed by atoms with van der Waals surface area (Å²) < 4.78 is 5.56. The van der Waals surface area contributed by atoms with E-state index in [9.17, 15) is 4.79 Å². The Hall–Kier alpha value is -1.55. The van der Waals surface area contributed by atoms with Crippen LogP contribution in [0, 0.1) is 0 Å². The third-order valence-electron chi connectivity index (χ3n) is 3.56. The number of nitrogens with one attached hydrogen (secondary N) is 1. The monoisotopic (exact) mass is 292 g/mol. The Morgan fingerprint density at radius 3 is 2.33 bits per heavy atom. The van der Waals surface area contributed by atoms with Gasteiger partial charge in [0.2, 0.25) is 0 Å². The van der Waals surface area contributed by atoms with Crippen LogP contribution >= 0.6 is 0 Å². The van der Waals surface area contributed by atoms with Crippen LogP contribution in [0.5, 0.6) is 5.75 Å². The summed E-state index contributed by atoms with van der Waals surface area (Å²) in [6.07, 6.45) is 1.12. The summed E-state index contributed by atoms with van der Waals surface area (Å²) in [5, 5.41) is 3.45. The molecule has 1 aromatic carbocycles. The number of likely N-dealkylation sites (N-methyl/N-ethyl adjacent to an activating group) is 1. The molecule has 1 atom stereocenters. The molecule has 4 heteroatoms. The fourth-order valence-corrected chi connectivity index (χ4v) is 2.14. The van der Waals surface area contributed by atoms with E-state index in [0.717, 1.165) is 31.8 Å². The van der Waals surface area contributed by atoms with Crippen LogP contribution in [0.15, 0.2) is 24.3 Å². The summed E-state index contributed by atoms with van der Waals surface area (Å²) in [6, 6.07) is 8.27. The molecule has 0 saturated carbocycles. The van der Waals surface area contributed by atoms with E-state index in [0.29, 0.717) is 6.04 Å². The van der Waals surface area contributed by atoms with E-state index in [-0.39, 0.29) is 12.5 Å². The Bertz CT molecular complexity index is 413. The number of ether oxygens (including phenoxy) is 1. The molecule has 1 N–H and O–H groups in total. The van der Waals surface area contributed by atoms with Crippen molar-refractivity contribution in [2.24, 2.45) is 0 Å². The molecule has 1 amide bonds. The normalized spacial score (nSPS) is 12.0. The molecule has 0 bridgehead atoms. The number of hydrogen-bond acceptors (Lipinski definition) is 3. The fraction of sp³-hybridized carbons (Fsp3) is 0.588. The van der Waals surface area contributed by atoms with Crippen molar-refractivity contribution >= 4 is 5.91 Å². The molecule has 118 valence electrons. The SMILES string of the molecule is CCCNC(C)c1ccc(OCC(=O)N(CC)CC)cc1. The first-order valence-electron chi connectivity index (χ1n) is 7.86. The molecule has 0 radical (unpaired) electrons. The van der Waals surface area contributed by atoms with Crippen LogP contribution in [0.1, 0.15) is 45.7 Å². The van der Waals surface area contributed by atoms with E-state index in [1.54, 1.807) is 4.90 Å². The van der Waals surface area contributed by atoms with Gasteiger partial charge in [-0.1, -0.05) is 19.1 Å². The Morgan fingerprint density at radius 2 is 1.81 bits per heavy atom. The predicted molar refractivity (Wildman–Crippen MR) is 86.6 cm³/mol. The minimum Gasteiger partial charge on any atom is -0.484 e. The number of hydrogen-bond donors (Lipinski definition) is 1. The van der Waals surface area contributed by atoms with E-state index in [1.807, 2.05) is 38.1 Å². The van der Waals surface area contributed by atoms with Crippen LogP contribution in [0.4, 0.5) is 0 Å². The Kier molecular flexibility index (Phi) is 7.83. The molecule has 1 rings (SSSR count). The summed E-state index contributed by atoms with van der Waals surface area (Å²) in [4.78, 5) is 13.6. The van der Waals surface area contributed by atoms with E-state index in [1.165, 1.54) is 5.56 Å². The summed E-state index contributed by atoms with van der Waals surface area (Å²) in [5.74, 6) is 0.768. The molecule has 0 aliphatic carbocycles. The van der Waals surface area contributed by atoms with Crippen molar-refractivity contribution in [1.29, 1.82) is 0 Å². The highest BCUT2D eigenvalue weighted by Gasteiger charge is 2.10. The molecule has 21 heavy (non-hydrogen) atoms. The highest BCUT2D eigenvalue weighted by Crippen LogP contribution is 2.17. The third kappa shape index (κ3) is 5.76. The van der Waals surface area contributed by atoms with Gasteiger partial charge < -0.3 is 15.0 Å². The summed E-state index contributed by atoms with van der Waals surface area (Å²) in [5.41, 5.74) is 1.23. The van der Waals surface area contributed by atoms with Crippen LogP contribution in [0.3, 0.4) is 0 Å². The van der Waals surface area contributed by atoms with Gasteiger partial charge in [-0.25, -0.2) is 0 Å². The smallest absolute Gasteiger partial charge is 0.260 e. The van der Waals surface area contributed by atoms with Gasteiger partial charge in [0.05, 0.1) is 0 Å². The maximum Gasteiger partial charge on any atom is 0.260 e. The molecule has 1 aromatic rings. The summed E-state index contributed by atoms with van der Waals surface area (Å²) in [6.45, 7) is 10.8. The Morgan fingerprint density at radius 1 is 1.19 bits per heavy atom. The standard InChI is InChI=1S/C17H28N2O2/c1-5-12-18-14(4)15-8-10-16(11-9-15)21-13-17(20)19(6-2)7-3/h8-11,14,18H,5-7,12-13H2,1-4H3. The first kappa shape index (κ1) is 17.5. The van der Waals surface area contributed by atoms with Crippen molar-refractivity contribution in [1.82, 2.24) is 10.2 Å². The van der Waals surface area contributed by atoms with Gasteiger partial charge in [-0.3, -0.25) is 4.79 Å². The number of carbonyl (C=O) groups is 1. The lowest BCUT2D eigenvalue weighted by Gasteiger charge is -2.19. The van der Waals surface area contributed by atoms with Crippen molar-refractivity contribution in [3.8, 4) is 5.75 Å². The van der Waals surface area contributed by atoms with E-state index < -0.39 is 0 Å². The number of carbonyl (C=O) groups excluding carboxylic acids is 1. The Labute approximate surface area is 128 Å². The van der Waals surface area contributed by atoms with E-state index in [4.69, 9.17) is 4.74 Å². The second-order valence-corrected chi connectivity index (χ2v) is 5.10. The molecule has 0 fully saturated rings. The summed E-state index contributed by atoms with van der Waals surface area (Å²) in [7, 11) is 0. The van der Waals surface area contributed by atoms with Crippen molar-refractivity contribution in [2.45, 2.75) is 40.2 Å². The zero-order valence-corrected chi connectivity index (χ0v) is 13.7. The van der Waals surface area contributed by atoms with Crippen LogP contribution in [0.2, 0.25) is 0 Å². The minimum absolute atomic E-state index is 0.0297. The molecule has 4 nitrogen and oxygen atoms in total. The van der Waals surface area contributed by atoms with Crippen molar-refractivity contribution in [2.75, 3.05) is 26.2 Å². The topological polar surface area (TPSA) is 41.6 Å². The fourth-order valence-electron chi connectivity index (χ4n) is 2.14. The lowest BCUT2D eigenvalue weighted by molar-refractivity contribution is -0.132. The molecule has 0 heterocycles. The van der Waals surface area contributed by atoms with Gasteiger partial charge in [0, 0.05) is 19.1 Å². The van der Waals surface area contributed by atoms with Gasteiger partial charge in [-0.05, 0) is 51.4 Å². The molecule has 0 spiro atoms. The highest BCUT2D eigenvalue weighted by atomic mass is 16.5. The van der Waals surface area contributed by atoms with Gasteiger partial charge in [0.1, 0.15) is 5.75 Å². The largest absolute Gasteiger partial charge is 0.484 e. The second-order valence-electron chi connectivity index (χ2n) is 5.10. The van der Waals surface area contributed by atoms with Gasteiger partial charge in [-0.15, -0.1) is 0 Å². The first-order valence-corrected chi connectivity index (χ1v) is 7.86. The van der Waals surface area contributed by atoms with Gasteiger partial charge in [0.25, 0.3) is 5.91 Å². The van der Waals surface area contributed by atoms with Crippen LogP contribution in [-0.2, 0) is 4.79 Å². The Balaban J connectivity index is 2.49. The number of benzene rings is 1. The molecular formula is C17H28N2O2. The summed E-state index contributed by atoms with van der Waals surface area (Å²) >= 11 is 0. The lowest BCUT2D eigenvalue weighted by Crippen LogP contribution is -2.34. The van der Waals surface area contributed by atoms with Gasteiger partial charge >= 0.3 is 0 Å². The predicted octanol–water partition coefficient (Wildman–Crippen LogP) is 2.99. The molecule has 0 aliphatic rings. The van der Waals surface area contributed by atoms with Gasteiger partial charge in [-0.2, -0.15) is 0 Å². The van der Waals surface area contributed by atoms with Crippen molar-refractivity contribution in [3.05, 3.63) is 29.8 Å². The average Bonchev–Trinajstić information content (AvgIpc) is 2.52. The third-order valence-corrected chi connectivity index (χ3v) is 3.56. The number of rotatable bonds is 9. The van der Waals surface area contributed by atoms with E-state index >= 15 is 0 Å². The van der Waals surface area contributed by atoms with Crippen molar-refractivity contribution in [3.63, 3.8) is 0 Å². The lowest BCUT2D eigenvalue weighted by atomic mass is 10.1. The molecule has 1 unspecified atom stereocenters. The quantitative estimate of drug-likeness (QED) is 0.761. The van der Waals surface area contributed by atoms with Crippen molar-refractivity contribution < 1.29 is 9.53 Å². The number of nitrogens with zero attached hydrogens (tertiary/aromatic N) is 1. The zero-order valence-electron chi connectivity index (χ0n) is 13.7. The average molecular weight is 292 g/mol. The maximum atomic E-state index is 11.9. The minimum atomic E-state index is 0.0297. The van der Waals surface area contributed by atoms with Gasteiger partial charge in [0.15, 0.2) is 6.61 Å². The number of amides is 1. The van der Waals surface area contributed by atoms with Crippen LogP contribution in [0.25, 0.3) is 0 Å².